The summed E-state index contributed by atoms with van der Waals surface area (Å²) in [6.45, 7) is 5.50. The van der Waals surface area contributed by atoms with Gasteiger partial charge in [0.2, 0.25) is 15.9 Å². The molecule has 0 aliphatic carbocycles. The summed E-state index contributed by atoms with van der Waals surface area (Å²) in [5.41, 5.74) is 3.08. The van der Waals surface area contributed by atoms with Crippen LogP contribution in [0.4, 0.5) is 0 Å². The molecule has 0 unspecified atom stereocenters. The third kappa shape index (κ3) is 5.04. The van der Waals surface area contributed by atoms with Gasteiger partial charge in [0.25, 0.3) is 0 Å². The molecule has 0 bridgehead atoms. The first-order valence-corrected chi connectivity index (χ1v) is 12.7. The Balaban J connectivity index is 1.34. The lowest BCUT2D eigenvalue weighted by Crippen LogP contribution is -2.39. The van der Waals surface area contributed by atoms with Crippen LogP contribution in [0.2, 0.25) is 0 Å². The van der Waals surface area contributed by atoms with E-state index in [-0.39, 0.29) is 22.3 Å². The van der Waals surface area contributed by atoms with Crippen LogP contribution in [0.1, 0.15) is 37.3 Å². The van der Waals surface area contributed by atoms with Gasteiger partial charge in [0.05, 0.1) is 10.4 Å². The fourth-order valence-corrected chi connectivity index (χ4v) is 5.74. The molecule has 1 fully saturated rings. The molecule has 1 aliphatic rings. The quantitative estimate of drug-likeness (QED) is 0.571. The molecule has 1 N–H and O–H groups in total. The van der Waals surface area contributed by atoms with E-state index in [2.05, 4.69) is 5.32 Å². The van der Waals surface area contributed by atoms with E-state index in [0.29, 0.717) is 51.0 Å². The van der Waals surface area contributed by atoms with Gasteiger partial charge in [-0.2, -0.15) is 4.31 Å². The average molecular weight is 472 g/mol. The van der Waals surface area contributed by atoms with E-state index in [1.165, 1.54) is 26.6 Å². The Bertz CT molecular complexity index is 1300. The van der Waals surface area contributed by atoms with Crippen LogP contribution < -0.4 is 11.1 Å². The van der Waals surface area contributed by atoms with Crippen molar-refractivity contribution >= 4 is 27.0 Å². The van der Waals surface area contributed by atoms with E-state index in [9.17, 15) is 18.0 Å². The van der Waals surface area contributed by atoms with Crippen molar-refractivity contribution in [2.75, 3.05) is 13.1 Å². The lowest BCUT2D eigenvalue weighted by molar-refractivity contribution is -0.122. The molecule has 9 heteroatoms. The lowest BCUT2D eigenvalue weighted by atomic mass is 9.94. The van der Waals surface area contributed by atoms with Crippen LogP contribution in [0.15, 0.2) is 56.6 Å². The number of aryl methyl sites for hydroxylation is 2. The second kappa shape index (κ2) is 9.52. The molecule has 2 heterocycles. The van der Waals surface area contributed by atoms with E-state index in [1.54, 1.807) is 6.07 Å². The number of fused-ring (bicyclic) bond motifs is 1. The molecule has 0 saturated carbocycles. The first kappa shape index (κ1) is 23.3. The zero-order valence-electron chi connectivity index (χ0n) is 18.9. The number of oxazole rings is 1. The first-order chi connectivity index (χ1) is 15.8. The van der Waals surface area contributed by atoms with Gasteiger partial charge in [0, 0.05) is 38.7 Å². The number of carbonyl (C=O) groups excluding carboxylic acids is 1. The molecule has 176 valence electrons. The van der Waals surface area contributed by atoms with Crippen molar-refractivity contribution in [1.82, 2.24) is 14.2 Å². The SMILES string of the molecule is CCn1c(=O)oc2cc(S(=O)(=O)N3CCC(CC(=O)NCc4ccc(C)cc4)CC3)ccc21. The summed E-state index contributed by atoms with van der Waals surface area (Å²) in [5, 5.41) is 2.95. The minimum atomic E-state index is -3.70. The first-order valence-electron chi connectivity index (χ1n) is 11.2. The summed E-state index contributed by atoms with van der Waals surface area (Å²) in [7, 11) is -3.70. The van der Waals surface area contributed by atoms with Crippen LogP contribution in [0.25, 0.3) is 11.1 Å². The molecule has 0 radical (unpaired) electrons. The molecule has 1 aliphatic heterocycles. The highest BCUT2D eigenvalue weighted by Gasteiger charge is 2.30. The van der Waals surface area contributed by atoms with Gasteiger partial charge in [-0.15, -0.1) is 0 Å². The number of benzene rings is 2. The topological polar surface area (TPSA) is 102 Å². The van der Waals surface area contributed by atoms with E-state index < -0.39 is 15.8 Å². The Morgan fingerprint density at radius 3 is 2.48 bits per heavy atom. The van der Waals surface area contributed by atoms with E-state index in [0.717, 1.165) is 5.56 Å². The third-order valence-electron chi connectivity index (χ3n) is 6.25. The lowest BCUT2D eigenvalue weighted by Gasteiger charge is -2.31. The van der Waals surface area contributed by atoms with Crippen molar-refractivity contribution in [3.8, 4) is 0 Å². The summed E-state index contributed by atoms with van der Waals surface area (Å²) >= 11 is 0. The van der Waals surface area contributed by atoms with E-state index in [4.69, 9.17) is 4.42 Å². The third-order valence-corrected chi connectivity index (χ3v) is 8.15. The molecule has 2 aromatic carbocycles. The average Bonchev–Trinajstić information content (AvgIpc) is 3.13. The zero-order chi connectivity index (χ0) is 23.6. The second-order valence-electron chi connectivity index (χ2n) is 8.56. The van der Waals surface area contributed by atoms with Gasteiger partial charge in [-0.1, -0.05) is 29.8 Å². The van der Waals surface area contributed by atoms with Crippen LogP contribution in [-0.4, -0.2) is 36.3 Å². The van der Waals surface area contributed by atoms with Gasteiger partial charge in [-0.3, -0.25) is 9.36 Å². The summed E-state index contributed by atoms with van der Waals surface area (Å²) in [5.74, 6) is -0.366. The Labute approximate surface area is 193 Å². The van der Waals surface area contributed by atoms with Gasteiger partial charge in [-0.25, -0.2) is 13.2 Å². The number of piperidine rings is 1. The summed E-state index contributed by atoms with van der Waals surface area (Å²) in [6.07, 6.45) is 1.64. The second-order valence-corrected chi connectivity index (χ2v) is 10.5. The van der Waals surface area contributed by atoms with Crippen molar-refractivity contribution in [2.24, 2.45) is 5.92 Å². The number of carbonyl (C=O) groups is 1. The highest BCUT2D eigenvalue weighted by molar-refractivity contribution is 7.89. The van der Waals surface area contributed by atoms with E-state index >= 15 is 0 Å². The molecule has 33 heavy (non-hydrogen) atoms. The molecule has 8 nitrogen and oxygen atoms in total. The fraction of sp³-hybridized carbons (Fsp3) is 0.417. The van der Waals surface area contributed by atoms with Crippen LogP contribution in [0, 0.1) is 12.8 Å². The predicted molar refractivity (Wildman–Crippen MR) is 125 cm³/mol. The van der Waals surface area contributed by atoms with Gasteiger partial charge >= 0.3 is 5.76 Å². The van der Waals surface area contributed by atoms with Crippen molar-refractivity contribution in [2.45, 2.75) is 51.1 Å². The minimum Gasteiger partial charge on any atom is -0.408 e. The maximum Gasteiger partial charge on any atom is 0.419 e. The zero-order valence-corrected chi connectivity index (χ0v) is 19.7. The largest absolute Gasteiger partial charge is 0.419 e. The molecular formula is C24H29N3O5S. The molecule has 3 aromatic rings. The van der Waals surface area contributed by atoms with Crippen LogP contribution in [-0.2, 0) is 27.9 Å². The maximum absolute atomic E-state index is 13.1. The highest BCUT2D eigenvalue weighted by Crippen LogP contribution is 2.27. The maximum atomic E-state index is 13.1. The summed E-state index contributed by atoms with van der Waals surface area (Å²) < 4.78 is 34.4. The molecule has 1 aromatic heterocycles. The Morgan fingerprint density at radius 2 is 1.82 bits per heavy atom. The van der Waals surface area contributed by atoms with Crippen molar-refractivity contribution in [3.63, 3.8) is 0 Å². The fourth-order valence-electron chi connectivity index (χ4n) is 4.25. The number of sulfonamides is 1. The van der Waals surface area contributed by atoms with Crippen molar-refractivity contribution < 1.29 is 17.6 Å². The molecule has 4 rings (SSSR count). The summed E-state index contributed by atoms with van der Waals surface area (Å²) in [6, 6.07) is 12.6. The van der Waals surface area contributed by atoms with Crippen molar-refractivity contribution in [1.29, 1.82) is 0 Å². The Kier molecular flexibility index (Phi) is 6.71. The highest BCUT2D eigenvalue weighted by atomic mass is 32.2. The van der Waals surface area contributed by atoms with E-state index in [1.807, 2.05) is 38.1 Å². The number of amides is 1. The smallest absolute Gasteiger partial charge is 0.408 e. The van der Waals surface area contributed by atoms with Gasteiger partial charge in [0.1, 0.15) is 0 Å². The summed E-state index contributed by atoms with van der Waals surface area (Å²) in [4.78, 5) is 24.4. The number of hydrogen-bond donors (Lipinski definition) is 1. The number of aromatic nitrogens is 1. The molecule has 0 spiro atoms. The minimum absolute atomic E-state index is 0.0159. The predicted octanol–water partition coefficient (Wildman–Crippen LogP) is 3.03. The van der Waals surface area contributed by atoms with Crippen LogP contribution in [0.3, 0.4) is 0 Å². The molecule has 0 atom stereocenters. The molecular weight excluding hydrogens is 442 g/mol. The number of nitrogens with one attached hydrogen (secondary N) is 1. The van der Waals surface area contributed by atoms with Gasteiger partial charge < -0.3 is 9.73 Å². The van der Waals surface area contributed by atoms with Gasteiger partial charge in [-0.05, 0) is 50.3 Å². The standard InChI is InChI=1S/C24H29N3O5S/c1-3-27-21-9-8-20(15-22(21)32-24(27)29)33(30,31)26-12-10-18(11-13-26)14-23(28)25-16-19-6-4-17(2)5-7-19/h4-9,15,18H,3,10-14,16H2,1-2H3,(H,25,28). The monoisotopic (exact) mass is 471 g/mol. The number of nitrogens with zero attached hydrogens (tertiary/aromatic N) is 2. The Morgan fingerprint density at radius 1 is 1.12 bits per heavy atom. The van der Waals surface area contributed by atoms with Crippen molar-refractivity contribution in [3.05, 3.63) is 64.1 Å². The molecule has 1 saturated heterocycles. The molecule has 1 amide bonds. The van der Waals surface area contributed by atoms with Gasteiger partial charge in [0.15, 0.2) is 5.58 Å². The van der Waals surface area contributed by atoms with Crippen LogP contribution >= 0.6 is 0 Å². The Hall–Kier alpha value is -2.91. The number of rotatable bonds is 7. The normalized spacial score (nSPS) is 15.7. The number of hydrogen-bond acceptors (Lipinski definition) is 5. The van der Waals surface area contributed by atoms with Crippen LogP contribution in [0.5, 0.6) is 0 Å².